The summed E-state index contributed by atoms with van der Waals surface area (Å²) in [7, 11) is -12.1. The van der Waals surface area contributed by atoms with Crippen LogP contribution >= 0.6 is 7.92 Å². The second-order valence-corrected chi connectivity index (χ2v) is 10.3. The summed E-state index contributed by atoms with van der Waals surface area (Å²) < 4.78 is 78.0. The summed E-state index contributed by atoms with van der Waals surface area (Å²) in [6.07, 6.45) is 0. The molecule has 5 nitrogen and oxygen atoms in total. The van der Waals surface area contributed by atoms with Crippen molar-refractivity contribution in [2.45, 2.75) is 86.2 Å². The molecule has 0 spiro atoms. The number of hydrogen-bond acceptors (Lipinski definition) is 4. The van der Waals surface area contributed by atoms with Gasteiger partial charge in [0.2, 0.25) is 0 Å². The van der Waals surface area contributed by atoms with E-state index in [9.17, 15) is 34.5 Å². The fraction of sp³-hybridized carbons (Fsp3) is 0.765. The fourth-order valence-corrected chi connectivity index (χ4v) is 6.00. The van der Waals surface area contributed by atoms with Crippen molar-refractivity contribution in [1.82, 2.24) is 0 Å². The van der Waals surface area contributed by atoms with E-state index >= 15 is 0 Å². The summed E-state index contributed by atoms with van der Waals surface area (Å²) in [5.41, 5.74) is 2.81. The predicted octanol–water partition coefficient (Wildman–Crippen LogP) is 7.22. The van der Waals surface area contributed by atoms with E-state index in [1.807, 2.05) is 0 Å². The van der Waals surface area contributed by atoms with Crippen LogP contribution in [0.4, 0.5) is 34.5 Å². The second-order valence-electron chi connectivity index (χ2n) is 5.85. The second kappa shape index (κ2) is 41.8. The van der Waals surface area contributed by atoms with Gasteiger partial charge >= 0.3 is 34.0 Å². The van der Waals surface area contributed by atoms with Gasteiger partial charge in [0.05, 0.1) is 41.3 Å². The van der Waals surface area contributed by atoms with Crippen LogP contribution in [-0.2, 0) is 25.0 Å². The maximum absolute atomic E-state index is 9.75. The first-order chi connectivity index (χ1) is 14.1. The molecule has 0 bridgehead atoms. The van der Waals surface area contributed by atoms with Gasteiger partial charge in [0.15, 0.2) is 0 Å². The molecule has 3 N–H and O–H groups in total. The van der Waals surface area contributed by atoms with Gasteiger partial charge in [0.25, 0.3) is 0 Å². The van der Waals surface area contributed by atoms with E-state index in [2.05, 4.69) is 41.5 Å². The number of rotatable bonds is 3. The van der Waals surface area contributed by atoms with Crippen LogP contribution in [0, 0.1) is 45.3 Å². The van der Waals surface area contributed by atoms with Crippen LogP contribution in [0.25, 0.3) is 0 Å². The van der Waals surface area contributed by atoms with Crippen molar-refractivity contribution >= 4 is 22.4 Å². The Hall–Kier alpha value is -1.46. The molecule has 204 valence electrons. The van der Waals surface area contributed by atoms with E-state index in [4.69, 9.17) is 21.0 Å². The summed E-state index contributed by atoms with van der Waals surface area (Å²) in [5.74, 6) is 0. The SMILES string of the molecule is CC#N.CC#N.CC#N.CC#N.CC(C)[PH+](C(C)C)C(C)C.F[B-](F)(F)F.F[B-](F)(F)F.[OH3+].[Ru+2]. The van der Waals surface area contributed by atoms with Gasteiger partial charge in [0, 0.05) is 35.6 Å². The molecule has 0 heterocycles. The maximum atomic E-state index is 9.75. The third kappa shape index (κ3) is 240. The quantitative estimate of drug-likeness (QED) is 0.143. The van der Waals surface area contributed by atoms with Gasteiger partial charge in [-0.2, -0.15) is 21.0 Å². The van der Waals surface area contributed by atoms with E-state index in [1.165, 1.54) is 27.7 Å². The first-order valence-corrected chi connectivity index (χ1v) is 10.7. The molecule has 0 aliphatic heterocycles. The number of hydrogen-bond donors (Lipinski definition) is 0. The standard InChI is InChI=1S/C9H21P.4C2H3N.2BF4.H2O.Ru/c1-7(2)10(8(3)4)9(5)6;4*1-2-3;2*2-1(3,4)5;;/h7-9H,1-6H3;4*1H3;;;1H2;/q;;;;;2*-1;;+2/p+2. The minimum absolute atomic E-state index is 0. The molecule has 0 aromatic carbocycles. The zero-order valence-electron chi connectivity index (χ0n) is 21.1. The van der Waals surface area contributed by atoms with Gasteiger partial charge in [0.1, 0.15) is 0 Å². The van der Waals surface area contributed by atoms with Crippen LogP contribution in [0.3, 0.4) is 0 Å². The van der Waals surface area contributed by atoms with Gasteiger partial charge in [-0.25, -0.2) is 0 Å². The Balaban J connectivity index is -0.0000000325. The summed E-state index contributed by atoms with van der Waals surface area (Å²) in [4.78, 5) is 0. The van der Waals surface area contributed by atoms with Crippen molar-refractivity contribution in [3.8, 4) is 24.3 Å². The van der Waals surface area contributed by atoms with Crippen molar-refractivity contribution in [3.63, 3.8) is 0 Å². The normalized spacial score (nSPS) is 8.18. The van der Waals surface area contributed by atoms with Gasteiger partial charge in [-0.1, -0.05) is 0 Å². The summed E-state index contributed by atoms with van der Waals surface area (Å²) >= 11 is 0. The minimum Gasteiger partial charge on any atom is -0.457 e. The van der Waals surface area contributed by atoms with Crippen LogP contribution in [0.1, 0.15) is 69.2 Å². The van der Waals surface area contributed by atoms with Gasteiger partial charge < -0.3 is 40.0 Å². The predicted molar refractivity (Wildman–Crippen MR) is 124 cm³/mol. The molecular formula is C17H37B2F8N4OPRu+2. The van der Waals surface area contributed by atoms with Crippen molar-refractivity contribution < 1.29 is 59.5 Å². The van der Waals surface area contributed by atoms with Crippen molar-refractivity contribution in [3.05, 3.63) is 0 Å². The first-order valence-electron chi connectivity index (χ1n) is 8.97. The molecule has 0 radical (unpaired) electrons. The molecule has 0 rings (SSSR count). The topological polar surface area (TPSA) is 128 Å². The largest absolute Gasteiger partial charge is 2.00 e. The van der Waals surface area contributed by atoms with E-state index < -0.39 is 14.5 Å². The van der Waals surface area contributed by atoms with E-state index in [-0.39, 0.29) is 32.9 Å². The van der Waals surface area contributed by atoms with Crippen LogP contribution in [0.15, 0.2) is 0 Å². The Morgan fingerprint density at radius 3 is 0.559 bits per heavy atom. The van der Waals surface area contributed by atoms with E-state index in [0.29, 0.717) is 0 Å². The van der Waals surface area contributed by atoms with E-state index in [0.717, 1.165) is 17.0 Å². The van der Waals surface area contributed by atoms with Crippen LogP contribution < -0.4 is 0 Å². The maximum Gasteiger partial charge on any atom is 2.00 e. The molecule has 0 aromatic heterocycles. The summed E-state index contributed by atoms with van der Waals surface area (Å²) in [6, 6.07) is 7.00. The first kappa shape index (κ1) is 58.4. The Kier molecular flexibility index (Phi) is 71.8. The smallest absolute Gasteiger partial charge is 0.457 e. The Labute approximate surface area is 213 Å². The summed E-state index contributed by atoms with van der Waals surface area (Å²) in [6.45, 7) is 19.9. The van der Waals surface area contributed by atoms with Gasteiger partial charge in [-0.05, 0) is 41.5 Å². The van der Waals surface area contributed by atoms with Gasteiger partial charge in [-0.15, -0.1) is 0 Å². The molecule has 0 saturated heterocycles. The average molecular weight is 619 g/mol. The molecule has 0 unspecified atom stereocenters. The van der Waals surface area contributed by atoms with Crippen molar-refractivity contribution in [2.24, 2.45) is 0 Å². The molecule has 0 aliphatic carbocycles. The summed E-state index contributed by atoms with van der Waals surface area (Å²) in [5, 5.41) is 29.3. The molecule has 0 aromatic rings. The average Bonchev–Trinajstić information content (AvgIpc) is 2.45. The molecule has 0 saturated carbocycles. The fourth-order valence-electron chi connectivity index (χ4n) is 2.00. The Morgan fingerprint density at radius 2 is 0.559 bits per heavy atom. The monoisotopic (exact) mass is 620 g/mol. The van der Waals surface area contributed by atoms with Crippen LogP contribution in [0.2, 0.25) is 0 Å². The van der Waals surface area contributed by atoms with Crippen LogP contribution in [0.5, 0.6) is 0 Å². The molecule has 17 heteroatoms. The third-order valence-corrected chi connectivity index (χ3v) is 6.00. The van der Waals surface area contributed by atoms with Crippen molar-refractivity contribution in [1.29, 1.82) is 21.0 Å². The number of nitriles is 4. The Bertz CT molecular complexity index is 452. The Morgan fingerprint density at radius 1 is 0.500 bits per heavy atom. The van der Waals surface area contributed by atoms with Crippen molar-refractivity contribution in [2.75, 3.05) is 0 Å². The number of halogens is 8. The molecule has 0 amide bonds. The zero-order valence-corrected chi connectivity index (χ0v) is 23.9. The zero-order chi connectivity index (χ0) is 28.1. The molecular weight excluding hydrogens is 582 g/mol. The minimum atomic E-state index is -6.00. The molecule has 0 aliphatic rings. The third-order valence-electron chi connectivity index (χ3n) is 2.00. The van der Waals surface area contributed by atoms with E-state index in [1.54, 1.807) is 24.3 Å². The molecule has 34 heavy (non-hydrogen) atoms. The molecule has 0 fully saturated rings. The number of nitrogens with zero attached hydrogens (tertiary/aromatic N) is 4. The van der Waals surface area contributed by atoms with Crippen LogP contribution in [-0.4, -0.2) is 31.5 Å². The molecule has 0 atom stereocenters. The van der Waals surface area contributed by atoms with Gasteiger partial charge in [-0.3, -0.25) is 0 Å².